The van der Waals surface area contributed by atoms with E-state index in [1.54, 1.807) is 24.4 Å². The number of hydrogen-bond acceptors (Lipinski definition) is 8. The van der Waals surface area contributed by atoms with Crippen molar-refractivity contribution in [3.63, 3.8) is 0 Å². The number of nitrogens with one attached hydrogen (secondary N) is 1. The van der Waals surface area contributed by atoms with Gasteiger partial charge in [0.25, 0.3) is 5.56 Å². The summed E-state index contributed by atoms with van der Waals surface area (Å²) in [6.45, 7) is 3.53. The van der Waals surface area contributed by atoms with Crippen molar-refractivity contribution >= 4 is 11.4 Å². The average Bonchev–Trinajstić information content (AvgIpc) is 3.29. The maximum absolute atomic E-state index is 12.9. The number of aromatic hydroxyl groups is 1. The molecule has 4 aromatic rings. The summed E-state index contributed by atoms with van der Waals surface area (Å²) in [7, 11) is 0. The number of ketones is 1. The minimum absolute atomic E-state index is 0. The zero-order chi connectivity index (χ0) is 22.7. The predicted molar refractivity (Wildman–Crippen MR) is 116 cm³/mol. The number of nitrogens with zero attached hydrogens (tertiary/aromatic N) is 5. The summed E-state index contributed by atoms with van der Waals surface area (Å²) in [5.74, 6) is 0.643. The normalized spacial score (nSPS) is 10.7. The number of carbonyl (C=O) groups is 1. The molecular weight excluding hydrogens is 435 g/mol. The van der Waals surface area contributed by atoms with Gasteiger partial charge in [-0.25, -0.2) is 4.98 Å². The van der Waals surface area contributed by atoms with Crippen LogP contribution in [0.3, 0.4) is 0 Å². The molecule has 0 unspecified atom stereocenters. The van der Waals surface area contributed by atoms with Crippen LogP contribution >= 0.6 is 0 Å². The fraction of sp³-hybridized carbons (Fsp3) is 0.273. The zero-order valence-electron chi connectivity index (χ0n) is 19.7. The fourth-order valence-electron chi connectivity index (χ4n) is 3.55. The predicted octanol–water partition coefficient (Wildman–Crippen LogP) is -0.645. The van der Waals surface area contributed by atoms with Crippen LogP contribution < -0.4 is 39.9 Å². The second-order valence-electron chi connectivity index (χ2n) is 7.35. The standard InChI is InChI=1S/C22H22N6O4.Na.H/c1-3-5-17-18(8-7-16(13(2)29)20(17)30)32-12-14-6-4-9-28-21(14)23-11-15(22(28)31)10-19-24-26-27-25-19;;/h4,6-9,11,30H,3,5,10,12H2,1-2H3,(H,24,25,26,27);;/q;+1;-1. The van der Waals surface area contributed by atoms with Gasteiger partial charge in [0.1, 0.15) is 23.8 Å². The largest absolute Gasteiger partial charge is 1.00 e. The van der Waals surface area contributed by atoms with Crippen LogP contribution in [0.15, 0.2) is 41.5 Å². The van der Waals surface area contributed by atoms with Crippen molar-refractivity contribution < 1.29 is 45.6 Å². The third kappa shape index (κ3) is 5.13. The van der Waals surface area contributed by atoms with E-state index in [1.165, 1.54) is 17.5 Å². The first-order valence-electron chi connectivity index (χ1n) is 10.2. The van der Waals surface area contributed by atoms with Crippen LogP contribution in [0.25, 0.3) is 5.65 Å². The molecule has 0 spiro atoms. The van der Waals surface area contributed by atoms with Crippen LogP contribution in [-0.4, -0.2) is 40.9 Å². The number of ether oxygens (including phenoxy) is 1. The van der Waals surface area contributed by atoms with Crippen LogP contribution in [0.1, 0.15) is 54.6 Å². The number of aromatic amines is 1. The van der Waals surface area contributed by atoms with Crippen molar-refractivity contribution in [3.8, 4) is 11.5 Å². The Bertz CT molecular complexity index is 1340. The first-order chi connectivity index (χ1) is 15.5. The summed E-state index contributed by atoms with van der Waals surface area (Å²) in [4.78, 5) is 29.1. The molecule has 2 N–H and O–H groups in total. The van der Waals surface area contributed by atoms with E-state index in [0.717, 1.165) is 6.42 Å². The molecule has 0 saturated heterocycles. The van der Waals surface area contributed by atoms with Gasteiger partial charge in [-0.05, 0) is 31.5 Å². The van der Waals surface area contributed by atoms with Crippen LogP contribution in [0, 0.1) is 0 Å². The molecule has 0 aliphatic rings. The molecular formula is C22H23N6NaO4. The van der Waals surface area contributed by atoms with E-state index in [1.807, 2.05) is 13.0 Å². The van der Waals surface area contributed by atoms with Gasteiger partial charge in [-0.15, -0.1) is 10.2 Å². The van der Waals surface area contributed by atoms with Gasteiger partial charge < -0.3 is 11.3 Å². The third-order valence-electron chi connectivity index (χ3n) is 5.12. The first-order valence-corrected chi connectivity index (χ1v) is 10.2. The minimum Gasteiger partial charge on any atom is -1.00 e. The number of H-pyrrole nitrogens is 1. The quantitative estimate of drug-likeness (QED) is 0.263. The third-order valence-corrected chi connectivity index (χ3v) is 5.12. The van der Waals surface area contributed by atoms with E-state index >= 15 is 0 Å². The molecule has 0 fully saturated rings. The molecule has 3 heterocycles. The van der Waals surface area contributed by atoms with Crippen molar-refractivity contribution in [2.75, 3.05) is 0 Å². The number of hydrogen-bond donors (Lipinski definition) is 2. The van der Waals surface area contributed by atoms with Gasteiger partial charge >= 0.3 is 29.6 Å². The number of rotatable bonds is 8. The summed E-state index contributed by atoms with van der Waals surface area (Å²) in [6, 6.07) is 6.82. The number of pyridine rings is 1. The summed E-state index contributed by atoms with van der Waals surface area (Å²) in [5, 5.41) is 24.2. The SMILES string of the molecule is CCCc1c(OCc2cccn3c(=O)c(Cc4nn[nH]n4)cnc23)ccc(C(C)=O)c1O.[H-].[Na+]. The molecule has 0 amide bonds. The van der Waals surface area contributed by atoms with Gasteiger partial charge in [0.15, 0.2) is 11.6 Å². The summed E-state index contributed by atoms with van der Waals surface area (Å²) >= 11 is 0. The topological polar surface area (TPSA) is 135 Å². The smallest absolute Gasteiger partial charge is 1.00 e. The van der Waals surface area contributed by atoms with E-state index in [0.29, 0.717) is 40.3 Å². The Labute approximate surface area is 212 Å². The Balaban J connectivity index is 0.00000204. The molecule has 33 heavy (non-hydrogen) atoms. The Hall–Kier alpha value is -3.08. The number of tetrazole rings is 1. The van der Waals surface area contributed by atoms with Gasteiger partial charge in [-0.1, -0.05) is 24.6 Å². The zero-order valence-corrected chi connectivity index (χ0v) is 20.7. The van der Waals surface area contributed by atoms with Crippen LogP contribution in [0.4, 0.5) is 0 Å². The molecule has 11 heteroatoms. The number of phenols is 1. The number of Topliss-reactive ketones (excluding diaryl/α,β-unsaturated/α-hetero) is 1. The van der Waals surface area contributed by atoms with Crippen molar-refractivity contribution in [2.24, 2.45) is 0 Å². The number of aromatic nitrogens is 6. The van der Waals surface area contributed by atoms with E-state index < -0.39 is 0 Å². The van der Waals surface area contributed by atoms with Gasteiger partial charge in [0, 0.05) is 35.5 Å². The molecule has 0 atom stereocenters. The molecule has 3 aromatic heterocycles. The molecule has 0 radical (unpaired) electrons. The van der Waals surface area contributed by atoms with Gasteiger partial charge in [-0.2, -0.15) is 5.21 Å². The Morgan fingerprint density at radius 3 is 2.79 bits per heavy atom. The van der Waals surface area contributed by atoms with E-state index in [-0.39, 0.29) is 66.7 Å². The monoisotopic (exact) mass is 458 g/mol. The first kappa shape index (κ1) is 24.6. The number of carbonyl (C=O) groups excluding carboxylic acids is 1. The Morgan fingerprint density at radius 2 is 2.09 bits per heavy atom. The van der Waals surface area contributed by atoms with Crippen molar-refractivity contribution in [3.05, 3.63) is 75.1 Å². The number of benzene rings is 1. The number of fused-ring (bicyclic) bond motifs is 1. The van der Waals surface area contributed by atoms with Crippen molar-refractivity contribution in [1.29, 1.82) is 0 Å². The van der Waals surface area contributed by atoms with Crippen LogP contribution in [0.5, 0.6) is 11.5 Å². The minimum atomic E-state index is -0.225. The van der Waals surface area contributed by atoms with Crippen LogP contribution in [0.2, 0.25) is 0 Å². The van der Waals surface area contributed by atoms with Gasteiger partial charge in [0.2, 0.25) is 0 Å². The Kier molecular flexibility index (Phi) is 7.96. The molecule has 166 valence electrons. The van der Waals surface area contributed by atoms with Crippen molar-refractivity contribution in [1.82, 2.24) is 30.0 Å². The maximum atomic E-state index is 12.9. The van der Waals surface area contributed by atoms with Crippen LogP contribution in [-0.2, 0) is 19.4 Å². The molecule has 0 bridgehead atoms. The van der Waals surface area contributed by atoms with E-state index in [2.05, 4.69) is 25.6 Å². The molecule has 0 aliphatic heterocycles. The average molecular weight is 458 g/mol. The molecule has 1 aromatic carbocycles. The summed E-state index contributed by atoms with van der Waals surface area (Å²) in [6.07, 6.45) is 4.71. The molecule has 0 aliphatic carbocycles. The second kappa shape index (κ2) is 10.7. The van der Waals surface area contributed by atoms with Crippen molar-refractivity contribution in [2.45, 2.75) is 39.7 Å². The fourth-order valence-corrected chi connectivity index (χ4v) is 3.55. The van der Waals surface area contributed by atoms with E-state index in [9.17, 15) is 14.7 Å². The maximum Gasteiger partial charge on any atom is 1.00 e. The Morgan fingerprint density at radius 1 is 1.27 bits per heavy atom. The molecule has 4 rings (SSSR count). The molecule has 10 nitrogen and oxygen atoms in total. The second-order valence-corrected chi connectivity index (χ2v) is 7.35. The van der Waals surface area contributed by atoms with E-state index in [4.69, 9.17) is 4.74 Å². The number of phenolic OH excluding ortho intramolecular Hbond substituents is 1. The molecule has 0 saturated carbocycles. The van der Waals surface area contributed by atoms with Gasteiger partial charge in [0.05, 0.1) is 5.56 Å². The summed E-state index contributed by atoms with van der Waals surface area (Å²) < 4.78 is 7.45. The summed E-state index contributed by atoms with van der Waals surface area (Å²) in [5.41, 5.74) is 2.25. The van der Waals surface area contributed by atoms with Gasteiger partial charge in [-0.3, -0.25) is 14.0 Å².